The van der Waals surface area contributed by atoms with Gasteiger partial charge in [0, 0.05) is 6.54 Å². The van der Waals surface area contributed by atoms with Crippen molar-refractivity contribution >= 4 is 6.09 Å². The van der Waals surface area contributed by atoms with Gasteiger partial charge in [-0.1, -0.05) is 31.2 Å². The average molecular weight is 183 g/mol. The van der Waals surface area contributed by atoms with E-state index in [-0.39, 0.29) is 0 Å². The van der Waals surface area contributed by atoms with Gasteiger partial charge in [0.25, 0.3) is 0 Å². The Hall–Kier alpha value is -1.25. The van der Waals surface area contributed by atoms with Crippen LogP contribution in [0.4, 0.5) is 4.79 Å². The number of amides is 1. The van der Waals surface area contributed by atoms with E-state index in [2.05, 4.69) is 24.4 Å². The molecule has 2 N–H and O–H groups in total. The third-order valence-corrected chi connectivity index (χ3v) is 1.44. The van der Waals surface area contributed by atoms with Crippen molar-refractivity contribution in [3.05, 3.63) is 24.3 Å². The van der Waals surface area contributed by atoms with E-state index in [1.165, 1.54) is 0 Å². The fourth-order valence-electron chi connectivity index (χ4n) is 0.824. The Bertz CT molecular complexity index is 185. The van der Waals surface area contributed by atoms with Crippen molar-refractivity contribution in [3.63, 3.8) is 0 Å². The van der Waals surface area contributed by atoms with Gasteiger partial charge in [-0.2, -0.15) is 0 Å². The first-order valence-electron chi connectivity index (χ1n) is 4.54. The number of unbranched alkanes of at least 4 members (excludes halogenated alkanes) is 1. The van der Waals surface area contributed by atoms with Crippen LogP contribution in [0.5, 0.6) is 0 Å². The summed E-state index contributed by atoms with van der Waals surface area (Å²) in [4.78, 5) is 10.0. The number of allylic oxidation sites excluding steroid dienone is 3. The van der Waals surface area contributed by atoms with Crippen LogP contribution in [-0.2, 0) is 0 Å². The van der Waals surface area contributed by atoms with Crippen LogP contribution in [0.3, 0.4) is 0 Å². The van der Waals surface area contributed by atoms with Gasteiger partial charge in [0.05, 0.1) is 0 Å². The van der Waals surface area contributed by atoms with Crippen LogP contribution in [0.25, 0.3) is 0 Å². The molecule has 74 valence electrons. The number of carbonyl (C=O) groups is 1. The Morgan fingerprint density at radius 3 is 2.38 bits per heavy atom. The average Bonchev–Trinajstić information content (AvgIpc) is 2.09. The molecule has 0 radical (unpaired) electrons. The summed E-state index contributed by atoms with van der Waals surface area (Å²) in [7, 11) is 0. The lowest BCUT2D eigenvalue weighted by atomic mass is 10.2. The zero-order valence-corrected chi connectivity index (χ0v) is 7.99. The Kier molecular flexibility index (Phi) is 7.99. The molecule has 0 aliphatic carbocycles. The van der Waals surface area contributed by atoms with Gasteiger partial charge in [-0.15, -0.1) is 0 Å². The molecule has 0 saturated carbocycles. The summed E-state index contributed by atoms with van der Waals surface area (Å²) in [5.74, 6) is 0. The van der Waals surface area contributed by atoms with Crippen molar-refractivity contribution in [2.45, 2.75) is 26.2 Å². The van der Waals surface area contributed by atoms with Gasteiger partial charge in [-0.25, -0.2) is 4.79 Å². The Morgan fingerprint density at radius 2 is 1.85 bits per heavy atom. The van der Waals surface area contributed by atoms with Crippen LogP contribution in [0, 0.1) is 0 Å². The standard InChI is InChI=1S/C10H17NO2/c1-2-3-4-5-6-7-8-9-11-10(12)13/h3-4,7-8,11H,2,5-6,9H2,1H3,(H,12,13). The molecule has 0 aromatic carbocycles. The number of carboxylic acid groups (broad SMARTS) is 1. The highest BCUT2D eigenvalue weighted by Crippen LogP contribution is 1.93. The molecule has 0 aromatic rings. The quantitative estimate of drug-likeness (QED) is 0.491. The number of rotatable bonds is 6. The van der Waals surface area contributed by atoms with Crippen LogP contribution in [0.1, 0.15) is 26.2 Å². The van der Waals surface area contributed by atoms with Crippen LogP contribution < -0.4 is 5.32 Å². The van der Waals surface area contributed by atoms with E-state index < -0.39 is 6.09 Å². The molecular weight excluding hydrogens is 166 g/mol. The monoisotopic (exact) mass is 183 g/mol. The molecule has 3 nitrogen and oxygen atoms in total. The third kappa shape index (κ3) is 10.8. The maximum atomic E-state index is 10.0. The summed E-state index contributed by atoms with van der Waals surface area (Å²) in [5, 5.41) is 10.5. The minimum Gasteiger partial charge on any atom is -0.465 e. The Balaban J connectivity index is 3.22. The smallest absolute Gasteiger partial charge is 0.404 e. The molecule has 0 aromatic heterocycles. The van der Waals surface area contributed by atoms with Crippen molar-refractivity contribution in [1.29, 1.82) is 0 Å². The SMILES string of the molecule is CCC=CCCC=CCNC(=O)O. The maximum Gasteiger partial charge on any atom is 0.404 e. The van der Waals surface area contributed by atoms with E-state index in [0.29, 0.717) is 6.54 Å². The second-order valence-electron chi connectivity index (χ2n) is 2.61. The minimum absolute atomic E-state index is 0.396. The lowest BCUT2D eigenvalue weighted by Crippen LogP contribution is -2.20. The fraction of sp³-hybridized carbons (Fsp3) is 0.500. The third-order valence-electron chi connectivity index (χ3n) is 1.44. The Morgan fingerprint density at radius 1 is 1.23 bits per heavy atom. The molecule has 0 spiro atoms. The summed E-state index contributed by atoms with van der Waals surface area (Å²) in [6.07, 6.45) is 10.2. The molecule has 3 heteroatoms. The summed E-state index contributed by atoms with van der Waals surface area (Å²) in [6, 6.07) is 0. The van der Waals surface area contributed by atoms with Crippen molar-refractivity contribution in [2.24, 2.45) is 0 Å². The molecule has 0 atom stereocenters. The highest BCUT2D eigenvalue weighted by Gasteiger charge is 1.86. The topological polar surface area (TPSA) is 49.3 Å². The molecule has 0 fully saturated rings. The van der Waals surface area contributed by atoms with Gasteiger partial charge in [-0.3, -0.25) is 0 Å². The van der Waals surface area contributed by atoms with Gasteiger partial charge < -0.3 is 10.4 Å². The van der Waals surface area contributed by atoms with E-state index in [0.717, 1.165) is 19.3 Å². The molecule has 0 heterocycles. The van der Waals surface area contributed by atoms with Gasteiger partial charge in [-0.05, 0) is 19.3 Å². The summed E-state index contributed by atoms with van der Waals surface area (Å²) in [6.45, 7) is 2.50. The first-order chi connectivity index (χ1) is 6.27. The van der Waals surface area contributed by atoms with Crippen LogP contribution >= 0.6 is 0 Å². The Labute approximate surface area is 79.2 Å². The highest BCUT2D eigenvalue weighted by molar-refractivity contribution is 5.64. The minimum atomic E-state index is -0.976. The molecule has 0 unspecified atom stereocenters. The maximum absolute atomic E-state index is 10.0. The highest BCUT2D eigenvalue weighted by atomic mass is 16.4. The number of nitrogens with one attached hydrogen (secondary N) is 1. The molecule has 0 rings (SSSR count). The molecule has 0 saturated heterocycles. The molecule has 0 aliphatic heterocycles. The largest absolute Gasteiger partial charge is 0.465 e. The van der Waals surface area contributed by atoms with Gasteiger partial charge in [0.15, 0.2) is 0 Å². The fourth-order valence-corrected chi connectivity index (χ4v) is 0.824. The lowest BCUT2D eigenvalue weighted by Gasteiger charge is -1.92. The van der Waals surface area contributed by atoms with Crippen LogP contribution in [0.15, 0.2) is 24.3 Å². The zero-order chi connectivity index (χ0) is 9.94. The van der Waals surface area contributed by atoms with Crippen molar-refractivity contribution in [2.75, 3.05) is 6.54 Å². The van der Waals surface area contributed by atoms with E-state index in [9.17, 15) is 4.79 Å². The van der Waals surface area contributed by atoms with E-state index >= 15 is 0 Å². The van der Waals surface area contributed by atoms with Crippen molar-refractivity contribution in [1.82, 2.24) is 5.32 Å². The molecular formula is C10H17NO2. The second-order valence-corrected chi connectivity index (χ2v) is 2.61. The van der Waals surface area contributed by atoms with Crippen molar-refractivity contribution < 1.29 is 9.90 Å². The predicted molar refractivity (Wildman–Crippen MR) is 53.8 cm³/mol. The summed E-state index contributed by atoms with van der Waals surface area (Å²) < 4.78 is 0. The zero-order valence-electron chi connectivity index (χ0n) is 7.99. The second kappa shape index (κ2) is 8.84. The number of hydrogen-bond acceptors (Lipinski definition) is 1. The van der Waals surface area contributed by atoms with Crippen LogP contribution in [0.2, 0.25) is 0 Å². The van der Waals surface area contributed by atoms with Gasteiger partial charge in [0.1, 0.15) is 0 Å². The van der Waals surface area contributed by atoms with E-state index in [1.807, 2.05) is 12.2 Å². The molecule has 13 heavy (non-hydrogen) atoms. The van der Waals surface area contributed by atoms with Gasteiger partial charge in [0.2, 0.25) is 0 Å². The van der Waals surface area contributed by atoms with Crippen molar-refractivity contribution in [3.8, 4) is 0 Å². The normalized spacial score (nSPS) is 11.2. The molecule has 1 amide bonds. The summed E-state index contributed by atoms with van der Waals surface area (Å²) >= 11 is 0. The molecule has 0 bridgehead atoms. The predicted octanol–water partition coefficient (Wildman–Crippen LogP) is 2.56. The van der Waals surface area contributed by atoms with Gasteiger partial charge >= 0.3 is 6.09 Å². The van der Waals surface area contributed by atoms with E-state index in [4.69, 9.17) is 5.11 Å². The first-order valence-corrected chi connectivity index (χ1v) is 4.54. The number of hydrogen-bond donors (Lipinski definition) is 2. The molecule has 0 aliphatic rings. The van der Waals surface area contributed by atoms with E-state index in [1.54, 1.807) is 0 Å². The lowest BCUT2D eigenvalue weighted by molar-refractivity contribution is 0.195. The first kappa shape index (κ1) is 11.8. The van der Waals surface area contributed by atoms with Crippen LogP contribution in [-0.4, -0.2) is 17.7 Å². The summed E-state index contributed by atoms with van der Waals surface area (Å²) in [5.41, 5.74) is 0.